The van der Waals surface area contributed by atoms with E-state index in [1.807, 2.05) is 0 Å². The summed E-state index contributed by atoms with van der Waals surface area (Å²) >= 11 is 4.64. The van der Waals surface area contributed by atoms with E-state index in [9.17, 15) is 0 Å². The fraction of sp³-hybridized carbons (Fsp3) is 1.00. The highest BCUT2D eigenvalue weighted by Crippen LogP contribution is 2.27. The average Bonchev–Trinajstić information content (AvgIpc) is 1.86. The molecule has 0 spiro atoms. The van der Waals surface area contributed by atoms with Crippen molar-refractivity contribution < 1.29 is 0 Å². The summed E-state index contributed by atoms with van der Waals surface area (Å²) in [5.74, 6) is 0. The molecule has 67 valence electrons. The van der Waals surface area contributed by atoms with E-state index in [0.717, 1.165) is 0 Å². The van der Waals surface area contributed by atoms with Crippen molar-refractivity contribution in [1.29, 1.82) is 0 Å². The van der Waals surface area contributed by atoms with Gasteiger partial charge < -0.3 is 5.32 Å². The Balaban J connectivity index is 0.000000561. The van der Waals surface area contributed by atoms with E-state index in [2.05, 4.69) is 45.9 Å². The summed E-state index contributed by atoms with van der Waals surface area (Å²) in [4.78, 5) is 0. The molecule has 1 aliphatic heterocycles. The number of rotatable bonds is 0. The molecule has 3 heteroatoms. The third-order valence-corrected chi connectivity index (χ3v) is 2.28. The van der Waals surface area contributed by atoms with E-state index < -0.39 is 0 Å². The SMILES string of the molecule is CC1(C)CCCC(C)(C)N1.[Mg+2][Br]. The zero-order valence-corrected chi connectivity index (χ0v) is 11.7. The molecule has 1 N–H and O–H groups in total. The van der Waals surface area contributed by atoms with Gasteiger partial charge in [-0.3, -0.25) is 0 Å². The number of hydrogen-bond acceptors (Lipinski definition) is 1. The molecule has 1 nitrogen and oxygen atoms in total. The Morgan fingerprint density at radius 2 is 1.33 bits per heavy atom. The fourth-order valence-corrected chi connectivity index (χ4v) is 2.01. The zero-order valence-electron chi connectivity index (χ0n) is 8.71. The lowest BCUT2D eigenvalue weighted by Crippen LogP contribution is -2.55. The second-order valence-corrected chi connectivity index (χ2v) is 4.75. The Hall–Kier alpha value is 1.21. The maximum Gasteiger partial charge on any atom is 1.52 e. The highest BCUT2D eigenvalue weighted by molar-refractivity contribution is 9.22. The van der Waals surface area contributed by atoms with Crippen molar-refractivity contribution in [1.82, 2.24) is 5.32 Å². The average molecular weight is 245 g/mol. The minimum atomic E-state index is 0.363. The lowest BCUT2D eigenvalue weighted by atomic mass is 9.83. The second kappa shape index (κ2) is 5.18. The van der Waals surface area contributed by atoms with Crippen LogP contribution in [-0.4, -0.2) is 30.6 Å². The van der Waals surface area contributed by atoms with E-state index in [1.54, 1.807) is 19.5 Å². The maximum absolute atomic E-state index is 3.63. The van der Waals surface area contributed by atoms with Crippen LogP contribution < -0.4 is 5.32 Å². The third kappa shape index (κ3) is 5.05. The van der Waals surface area contributed by atoms with Crippen LogP contribution in [0.2, 0.25) is 0 Å². The highest BCUT2D eigenvalue weighted by atomic mass is 79.9. The second-order valence-electron chi connectivity index (χ2n) is 4.75. The van der Waals surface area contributed by atoms with Crippen molar-refractivity contribution in [2.24, 2.45) is 0 Å². The Bertz CT molecular complexity index is 120. The minimum Gasteiger partial charge on any atom is -0.307 e. The van der Waals surface area contributed by atoms with Crippen LogP contribution in [0, 0.1) is 0 Å². The van der Waals surface area contributed by atoms with E-state index in [4.69, 9.17) is 0 Å². The van der Waals surface area contributed by atoms with Crippen LogP contribution in [0.1, 0.15) is 47.0 Å². The molecule has 1 heterocycles. The standard InChI is InChI=1S/C9H19N.BrH.Mg/c1-8(2)6-5-7-9(3,4)10-8;;/h10H,5-7H2,1-4H3;1H;/q;;+3/p-1. The molecule has 12 heavy (non-hydrogen) atoms. The Kier molecular flexibility index (Phi) is 5.70. The lowest BCUT2D eigenvalue weighted by molar-refractivity contribution is 0.183. The molecular formula is C9H19BrMgN+2. The van der Waals surface area contributed by atoms with Gasteiger partial charge in [-0.25, -0.2) is 0 Å². The van der Waals surface area contributed by atoms with Crippen LogP contribution in [0.15, 0.2) is 0 Å². The smallest absolute Gasteiger partial charge is 0.307 e. The number of piperidine rings is 1. The van der Waals surface area contributed by atoms with Crippen molar-refractivity contribution in [3.05, 3.63) is 0 Å². The van der Waals surface area contributed by atoms with Gasteiger partial charge >= 0.3 is 32.4 Å². The molecule has 1 aliphatic rings. The zero-order chi connectivity index (χ0) is 9.83. The molecule has 7 radical (unpaired) electrons. The molecule has 0 aromatic carbocycles. The van der Waals surface area contributed by atoms with E-state index in [-0.39, 0.29) is 0 Å². The molecule has 0 amide bonds. The molecule has 1 fully saturated rings. The first-order chi connectivity index (χ1) is 5.41. The summed E-state index contributed by atoms with van der Waals surface area (Å²) in [7, 11) is 0. The van der Waals surface area contributed by atoms with Crippen molar-refractivity contribution in [2.75, 3.05) is 0 Å². The van der Waals surface area contributed by atoms with Gasteiger partial charge in [-0.2, -0.15) is 0 Å². The summed E-state index contributed by atoms with van der Waals surface area (Å²) in [6.07, 6.45) is 4.00. The Morgan fingerprint density at radius 1 is 1.00 bits per heavy atom. The van der Waals surface area contributed by atoms with Crippen molar-refractivity contribution in [3.63, 3.8) is 0 Å². The Labute approximate surface area is 95.4 Å². The minimum absolute atomic E-state index is 0.363. The first-order valence-corrected chi connectivity index (χ1v) is 8.37. The van der Waals surface area contributed by atoms with Crippen LogP contribution in [0.4, 0.5) is 0 Å². The van der Waals surface area contributed by atoms with Crippen molar-refractivity contribution >= 4 is 32.4 Å². The predicted molar refractivity (Wildman–Crippen MR) is 59.8 cm³/mol. The largest absolute Gasteiger partial charge is 1.52 e. The molecule has 1 rings (SSSR count). The van der Waals surface area contributed by atoms with Gasteiger partial charge in [0.1, 0.15) is 0 Å². The lowest BCUT2D eigenvalue weighted by Gasteiger charge is -2.42. The van der Waals surface area contributed by atoms with Crippen molar-refractivity contribution in [2.45, 2.75) is 58.0 Å². The van der Waals surface area contributed by atoms with Crippen LogP contribution in [-0.2, 0) is 0 Å². The summed E-state index contributed by atoms with van der Waals surface area (Å²) < 4.78 is 0. The summed E-state index contributed by atoms with van der Waals surface area (Å²) in [6.45, 7) is 9.14. The molecular weight excluding hydrogens is 226 g/mol. The first kappa shape index (κ1) is 13.2. The molecule has 0 aromatic heterocycles. The highest BCUT2D eigenvalue weighted by Gasteiger charge is 2.31. The molecule has 0 saturated carbocycles. The third-order valence-electron chi connectivity index (χ3n) is 2.28. The van der Waals surface area contributed by atoms with Gasteiger partial charge in [0.25, 0.3) is 0 Å². The van der Waals surface area contributed by atoms with Gasteiger partial charge in [-0.05, 0) is 47.0 Å². The predicted octanol–water partition coefficient (Wildman–Crippen LogP) is 2.78. The molecule has 0 aromatic rings. The van der Waals surface area contributed by atoms with Crippen LogP contribution in [0.25, 0.3) is 0 Å². The first-order valence-electron chi connectivity index (χ1n) is 4.47. The van der Waals surface area contributed by atoms with E-state index in [0.29, 0.717) is 11.1 Å². The van der Waals surface area contributed by atoms with Crippen molar-refractivity contribution in [3.8, 4) is 0 Å². The van der Waals surface area contributed by atoms with Gasteiger partial charge in [-0.15, -0.1) is 0 Å². The number of hydrogen-bond donors (Lipinski definition) is 1. The quantitative estimate of drug-likeness (QED) is 0.647. The molecule has 0 unspecified atom stereocenters. The number of halogens is 1. The fourth-order valence-electron chi connectivity index (χ4n) is 2.01. The maximum atomic E-state index is 3.63. The van der Waals surface area contributed by atoms with Gasteiger partial charge in [-0.1, -0.05) is 0 Å². The van der Waals surface area contributed by atoms with Crippen LogP contribution >= 0.6 is 12.9 Å². The van der Waals surface area contributed by atoms with E-state index >= 15 is 0 Å². The van der Waals surface area contributed by atoms with E-state index in [1.165, 1.54) is 19.3 Å². The molecule has 0 atom stereocenters. The van der Waals surface area contributed by atoms with Gasteiger partial charge in [0, 0.05) is 11.1 Å². The summed E-state index contributed by atoms with van der Waals surface area (Å²) in [5, 5.41) is 3.63. The van der Waals surface area contributed by atoms with Crippen LogP contribution in [0.5, 0.6) is 0 Å². The Morgan fingerprint density at radius 3 is 1.50 bits per heavy atom. The van der Waals surface area contributed by atoms with Gasteiger partial charge in [0.15, 0.2) is 0 Å². The summed E-state index contributed by atoms with van der Waals surface area (Å²) in [5.41, 5.74) is 0.726. The monoisotopic (exact) mass is 244 g/mol. The number of nitrogens with one attached hydrogen (secondary N) is 1. The van der Waals surface area contributed by atoms with Crippen LogP contribution in [0.3, 0.4) is 0 Å². The molecule has 0 bridgehead atoms. The molecule has 1 saturated heterocycles. The normalized spacial score (nSPS) is 25.5. The molecule has 0 aliphatic carbocycles. The van der Waals surface area contributed by atoms with Gasteiger partial charge in [0.2, 0.25) is 0 Å². The van der Waals surface area contributed by atoms with Gasteiger partial charge in [0.05, 0.1) is 0 Å². The topological polar surface area (TPSA) is 12.0 Å². The summed E-state index contributed by atoms with van der Waals surface area (Å²) in [6, 6.07) is 0.